The highest BCUT2D eigenvalue weighted by atomic mass is 35.5. The summed E-state index contributed by atoms with van der Waals surface area (Å²) in [5, 5.41) is 20.2. The van der Waals surface area contributed by atoms with Gasteiger partial charge in [-0.25, -0.2) is 9.18 Å². The summed E-state index contributed by atoms with van der Waals surface area (Å²) in [4.78, 5) is 17.3. The Kier molecular flexibility index (Phi) is 7.41. The lowest BCUT2D eigenvalue weighted by molar-refractivity contribution is 0.0499. The SMILES string of the molecule is O=C(O)N1CCN2Cc3cc(OCCN4CCCCC4)c(-c4c(O)cccc4Cl)c(F)c3OC[C@H]2C1. The van der Waals surface area contributed by atoms with Crippen LogP contribution in [0.3, 0.4) is 0 Å². The molecule has 0 unspecified atom stereocenters. The van der Waals surface area contributed by atoms with E-state index in [0.717, 1.165) is 19.6 Å². The van der Waals surface area contributed by atoms with Gasteiger partial charge in [-0.15, -0.1) is 0 Å². The molecule has 0 aromatic heterocycles. The van der Waals surface area contributed by atoms with Crippen LogP contribution in [0.15, 0.2) is 24.3 Å². The van der Waals surface area contributed by atoms with Crippen LogP contribution in [0.5, 0.6) is 17.2 Å². The number of amides is 1. The van der Waals surface area contributed by atoms with E-state index in [-0.39, 0.29) is 40.3 Å². The molecule has 0 bridgehead atoms. The molecule has 3 aliphatic rings. The normalized spacial score (nSPS) is 20.7. The van der Waals surface area contributed by atoms with Gasteiger partial charge in [-0.05, 0) is 44.1 Å². The van der Waals surface area contributed by atoms with Crippen LogP contribution < -0.4 is 9.47 Å². The number of halogens is 2. The smallest absolute Gasteiger partial charge is 0.407 e. The molecule has 3 aliphatic heterocycles. The zero-order valence-electron chi connectivity index (χ0n) is 20.1. The molecule has 2 aromatic carbocycles. The van der Waals surface area contributed by atoms with Gasteiger partial charge in [0.1, 0.15) is 24.7 Å². The van der Waals surface area contributed by atoms with Crippen LogP contribution in [0.25, 0.3) is 11.1 Å². The number of carboxylic acid groups (broad SMARTS) is 1. The number of ether oxygens (including phenoxy) is 2. The number of fused-ring (bicyclic) bond motifs is 2. The second-order valence-electron chi connectivity index (χ2n) is 9.60. The molecule has 2 fully saturated rings. The fourth-order valence-electron chi connectivity index (χ4n) is 5.34. The van der Waals surface area contributed by atoms with Crippen LogP contribution >= 0.6 is 11.6 Å². The maximum Gasteiger partial charge on any atom is 0.407 e. The Morgan fingerprint density at radius 2 is 1.97 bits per heavy atom. The predicted molar refractivity (Wildman–Crippen MR) is 134 cm³/mol. The van der Waals surface area contributed by atoms with Crippen LogP contribution in [0, 0.1) is 5.82 Å². The molecule has 0 aliphatic carbocycles. The molecule has 5 rings (SSSR count). The number of phenolic OH excluding ortho intramolecular Hbond substituents is 1. The first-order chi connectivity index (χ1) is 17.4. The van der Waals surface area contributed by atoms with Gasteiger partial charge >= 0.3 is 6.09 Å². The van der Waals surface area contributed by atoms with Crippen molar-refractivity contribution in [3.05, 3.63) is 40.7 Å². The average molecular weight is 520 g/mol. The van der Waals surface area contributed by atoms with E-state index < -0.39 is 11.9 Å². The summed E-state index contributed by atoms with van der Waals surface area (Å²) < 4.78 is 28.3. The van der Waals surface area contributed by atoms with E-state index in [2.05, 4.69) is 9.80 Å². The third-order valence-electron chi connectivity index (χ3n) is 7.29. The van der Waals surface area contributed by atoms with Crippen LogP contribution in [-0.2, 0) is 6.54 Å². The van der Waals surface area contributed by atoms with Crippen LogP contribution in [0.1, 0.15) is 24.8 Å². The number of carbonyl (C=O) groups is 1. The first-order valence-electron chi connectivity index (χ1n) is 12.5. The fraction of sp³-hybridized carbons (Fsp3) is 0.500. The van der Waals surface area contributed by atoms with Gasteiger partial charge in [0.2, 0.25) is 0 Å². The van der Waals surface area contributed by atoms with E-state index >= 15 is 4.39 Å². The van der Waals surface area contributed by atoms with Crippen LogP contribution in [0.2, 0.25) is 5.02 Å². The molecule has 3 heterocycles. The predicted octanol–water partition coefficient (Wildman–Crippen LogP) is 4.27. The van der Waals surface area contributed by atoms with Crippen molar-refractivity contribution in [2.24, 2.45) is 0 Å². The number of benzene rings is 2. The van der Waals surface area contributed by atoms with Crippen LogP contribution in [-0.4, -0.2) is 89.5 Å². The number of piperazine rings is 1. The molecule has 2 aromatic rings. The van der Waals surface area contributed by atoms with Gasteiger partial charge in [-0.3, -0.25) is 9.80 Å². The summed E-state index contributed by atoms with van der Waals surface area (Å²) >= 11 is 6.42. The van der Waals surface area contributed by atoms with E-state index in [1.54, 1.807) is 18.2 Å². The van der Waals surface area contributed by atoms with Crippen molar-refractivity contribution in [3.8, 4) is 28.4 Å². The monoisotopic (exact) mass is 519 g/mol. The van der Waals surface area contributed by atoms with Crippen molar-refractivity contribution in [2.45, 2.75) is 31.8 Å². The largest absolute Gasteiger partial charge is 0.507 e. The highest BCUT2D eigenvalue weighted by molar-refractivity contribution is 6.33. The van der Waals surface area contributed by atoms with Gasteiger partial charge in [0.05, 0.1) is 16.6 Å². The van der Waals surface area contributed by atoms with Gasteiger partial charge in [-0.2, -0.15) is 0 Å². The maximum atomic E-state index is 16.2. The van der Waals surface area contributed by atoms with E-state index in [9.17, 15) is 15.0 Å². The third kappa shape index (κ3) is 5.05. The molecule has 2 saturated heterocycles. The van der Waals surface area contributed by atoms with Crippen molar-refractivity contribution in [3.63, 3.8) is 0 Å². The van der Waals surface area contributed by atoms with Crippen molar-refractivity contribution >= 4 is 17.7 Å². The Balaban J connectivity index is 1.48. The van der Waals surface area contributed by atoms with Crippen molar-refractivity contribution in [2.75, 3.05) is 52.5 Å². The molecule has 36 heavy (non-hydrogen) atoms. The van der Waals surface area contributed by atoms with E-state index in [4.69, 9.17) is 21.1 Å². The molecule has 0 saturated carbocycles. The van der Waals surface area contributed by atoms with Crippen molar-refractivity contribution in [1.29, 1.82) is 0 Å². The quantitative estimate of drug-likeness (QED) is 0.610. The van der Waals surface area contributed by atoms with Gasteiger partial charge < -0.3 is 24.6 Å². The van der Waals surface area contributed by atoms with Gasteiger partial charge in [0, 0.05) is 43.9 Å². The first kappa shape index (κ1) is 24.9. The lowest BCUT2D eigenvalue weighted by Gasteiger charge is -2.38. The van der Waals surface area contributed by atoms with E-state index in [1.165, 1.54) is 30.2 Å². The maximum absolute atomic E-state index is 16.2. The fourth-order valence-corrected chi connectivity index (χ4v) is 5.60. The standard InChI is InChI=1S/C26H31ClFN3O5/c27-19-5-4-6-20(32)22(19)23-21(35-12-11-29-7-2-1-3-8-29)13-17-14-30-9-10-31(26(33)34)15-18(30)16-36-25(17)24(23)28/h4-6,13,18,32H,1-3,7-12,14-16H2,(H,33,34)/t18-/m1/s1. The number of hydrogen-bond donors (Lipinski definition) is 2. The Morgan fingerprint density at radius 3 is 2.72 bits per heavy atom. The molecule has 1 amide bonds. The minimum Gasteiger partial charge on any atom is -0.507 e. The summed E-state index contributed by atoms with van der Waals surface area (Å²) in [6.45, 7) is 4.91. The van der Waals surface area contributed by atoms with E-state index in [1.807, 2.05) is 0 Å². The van der Waals surface area contributed by atoms with Gasteiger partial charge in [0.25, 0.3) is 0 Å². The number of rotatable bonds is 5. The minimum atomic E-state index is -0.969. The van der Waals surface area contributed by atoms with Gasteiger partial charge in [0.15, 0.2) is 11.6 Å². The molecular weight excluding hydrogens is 489 g/mol. The third-order valence-corrected chi connectivity index (χ3v) is 7.60. The Labute approximate surface area is 214 Å². The molecule has 10 heteroatoms. The number of aromatic hydroxyl groups is 1. The highest BCUT2D eigenvalue weighted by Crippen LogP contribution is 2.47. The lowest BCUT2D eigenvalue weighted by Crippen LogP contribution is -2.55. The second kappa shape index (κ2) is 10.7. The molecule has 2 N–H and O–H groups in total. The highest BCUT2D eigenvalue weighted by Gasteiger charge is 2.35. The lowest BCUT2D eigenvalue weighted by atomic mass is 9.99. The zero-order chi connectivity index (χ0) is 25.2. The number of hydrogen-bond acceptors (Lipinski definition) is 6. The summed E-state index contributed by atoms with van der Waals surface area (Å²) in [5.74, 6) is -0.397. The zero-order valence-corrected chi connectivity index (χ0v) is 20.8. The topological polar surface area (TPSA) is 85.7 Å². The van der Waals surface area contributed by atoms with Crippen molar-refractivity contribution < 1.29 is 28.9 Å². The molecule has 0 spiro atoms. The Bertz CT molecular complexity index is 1110. The summed E-state index contributed by atoms with van der Waals surface area (Å²) in [6.07, 6.45) is 2.61. The molecule has 8 nitrogen and oxygen atoms in total. The molecule has 0 radical (unpaired) electrons. The molecule has 1 atom stereocenters. The summed E-state index contributed by atoms with van der Waals surface area (Å²) in [5.41, 5.74) is 0.861. The Morgan fingerprint density at radius 1 is 1.17 bits per heavy atom. The van der Waals surface area contributed by atoms with Crippen LogP contribution in [0.4, 0.5) is 9.18 Å². The van der Waals surface area contributed by atoms with Crippen molar-refractivity contribution in [1.82, 2.24) is 14.7 Å². The first-order valence-corrected chi connectivity index (χ1v) is 12.8. The number of likely N-dealkylation sites (tertiary alicyclic amines) is 1. The molecule has 194 valence electrons. The number of nitrogens with zero attached hydrogens (tertiary/aromatic N) is 3. The number of piperidine rings is 1. The average Bonchev–Trinajstić information content (AvgIpc) is 3.05. The van der Waals surface area contributed by atoms with Gasteiger partial charge in [-0.1, -0.05) is 24.1 Å². The number of phenols is 1. The summed E-state index contributed by atoms with van der Waals surface area (Å²) in [6, 6.07) is 6.25. The summed E-state index contributed by atoms with van der Waals surface area (Å²) in [7, 11) is 0. The minimum absolute atomic E-state index is 0.0718. The Hall–Kier alpha value is -2.75. The molecular formula is C26H31ClFN3O5. The second-order valence-corrected chi connectivity index (χ2v) is 10.0. The van der Waals surface area contributed by atoms with E-state index in [0.29, 0.717) is 44.1 Å².